The van der Waals surface area contributed by atoms with E-state index in [9.17, 15) is 4.79 Å². The molecule has 9 heteroatoms. The van der Waals surface area contributed by atoms with Crippen LogP contribution in [0.15, 0.2) is 30.6 Å². The molecule has 2 heterocycles. The van der Waals surface area contributed by atoms with Crippen LogP contribution in [0.1, 0.15) is 29.0 Å². The Bertz CT molecular complexity index is 617. The molecule has 0 spiro atoms. The van der Waals surface area contributed by atoms with E-state index in [0.717, 1.165) is 18.5 Å². The van der Waals surface area contributed by atoms with Crippen LogP contribution in [-0.4, -0.2) is 38.5 Å². The summed E-state index contributed by atoms with van der Waals surface area (Å²) >= 11 is 0. The summed E-state index contributed by atoms with van der Waals surface area (Å²) in [5, 5.41) is 10.6. The SMILES string of the molecule is Cl.Cl.NC(CNC(=O)c1cn(Cc2ccccn2)nn1)C1CC1. The largest absolute Gasteiger partial charge is 0.349 e. The first kappa shape index (κ1) is 19.3. The van der Waals surface area contributed by atoms with Gasteiger partial charge in [-0.1, -0.05) is 11.3 Å². The summed E-state index contributed by atoms with van der Waals surface area (Å²) in [6.45, 7) is 0.972. The maximum Gasteiger partial charge on any atom is 0.273 e. The van der Waals surface area contributed by atoms with Crippen molar-refractivity contribution in [1.82, 2.24) is 25.3 Å². The third-order valence-electron chi connectivity index (χ3n) is 3.55. The van der Waals surface area contributed by atoms with Crippen LogP contribution in [0, 0.1) is 5.92 Å². The van der Waals surface area contributed by atoms with Gasteiger partial charge < -0.3 is 11.1 Å². The first-order valence-corrected chi connectivity index (χ1v) is 7.06. The van der Waals surface area contributed by atoms with Gasteiger partial charge in [0.25, 0.3) is 5.91 Å². The second-order valence-corrected chi connectivity index (χ2v) is 5.33. The number of pyridine rings is 1. The van der Waals surface area contributed by atoms with Gasteiger partial charge in [0.1, 0.15) is 0 Å². The summed E-state index contributed by atoms with van der Waals surface area (Å²) < 4.78 is 1.60. The minimum absolute atomic E-state index is 0. The number of hydrogen-bond donors (Lipinski definition) is 2. The number of aromatic nitrogens is 4. The molecule has 3 rings (SSSR count). The molecule has 1 aliphatic rings. The smallest absolute Gasteiger partial charge is 0.273 e. The van der Waals surface area contributed by atoms with Gasteiger partial charge in [0.05, 0.1) is 18.4 Å². The van der Waals surface area contributed by atoms with Crippen LogP contribution >= 0.6 is 24.8 Å². The Morgan fingerprint density at radius 2 is 2.17 bits per heavy atom. The van der Waals surface area contributed by atoms with E-state index in [2.05, 4.69) is 20.6 Å². The molecule has 0 aromatic carbocycles. The van der Waals surface area contributed by atoms with Crippen LogP contribution in [-0.2, 0) is 6.54 Å². The second kappa shape index (κ2) is 8.81. The molecule has 23 heavy (non-hydrogen) atoms. The van der Waals surface area contributed by atoms with E-state index in [1.807, 2.05) is 18.2 Å². The summed E-state index contributed by atoms with van der Waals surface area (Å²) in [5.41, 5.74) is 7.11. The minimum Gasteiger partial charge on any atom is -0.349 e. The van der Waals surface area contributed by atoms with Gasteiger partial charge in [-0.15, -0.1) is 29.9 Å². The van der Waals surface area contributed by atoms with Gasteiger partial charge >= 0.3 is 0 Å². The summed E-state index contributed by atoms with van der Waals surface area (Å²) in [5.74, 6) is 0.323. The molecule has 1 fully saturated rings. The van der Waals surface area contributed by atoms with Gasteiger partial charge in [-0.2, -0.15) is 0 Å². The molecular weight excluding hydrogens is 339 g/mol. The molecule has 1 saturated carbocycles. The fraction of sp³-hybridized carbons (Fsp3) is 0.429. The normalized spacial score (nSPS) is 14.3. The zero-order valence-corrected chi connectivity index (χ0v) is 14.1. The molecule has 7 nitrogen and oxygen atoms in total. The highest BCUT2D eigenvalue weighted by atomic mass is 35.5. The summed E-state index contributed by atoms with van der Waals surface area (Å²) in [7, 11) is 0. The Kier molecular flexibility index (Phi) is 7.41. The molecule has 2 aromatic rings. The molecule has 2 aromatic heterocycles. The summed E-state index contributed by atoms with van der Waals surface area (Å²) in [4.78, 5) is 16.2. The maximum absolute atomic E-state index is 12.0. The molecule has 0 aliphatic heterocycles. The van der Waals surface area contributed by atoms with E-state index >= 15 is 0 Å². The average molecular weight is 359 g/mol. The standard InChI is InChI=1S/C14H18N6O.2ClH/c15-12(10-4-5-10)7-17-14(21)13-9-20(19-18-13)8-11-3-1-2-6-16-11;;/h1-3,6,9-10,12H,4-5,7-8,15H2,(H,17,21);2*1H. The van der Waals surface area contributed by atoms with Crippen molar-refractivity contribution in [2.75, 3.05) is 6.54 Å². The molecule has 3 N–H and O–H groups in total. The topological polar surface area (TPSA) is 98.7 Å². The van der Waals surface area contributed by atoms with Crippen LogP contribution < -0.4 is 11.1 Å². The molecule has 1 atom stereocenters. The number of hydrogen-bond acceptors (Lipinski definition) is 5. The Morgan fingerprint density at radius 3 is 2.83 bits per heavy atom. The van der Waals surface area contributed by atoms with E-state index in [0.29, 0.717) is 24.7 Å². The molecule has 126 valence electrons. The van der Waals surface area contributed by atoms with Gasteiger partial charge in [-0.3, -0.25) is 9.78 Å². The number of carbonyl (C=O) groups is 1. The lowest BCUT2D eigenvalue weighted by molar-refractivity contribution is 0.0945. The molecule has 1 aliphatic carbocycles. The van der Waals surface area contributed by atoms with Crippen LogP contribution in [0.5, 0.6) is 0 Å². The number of carbonyl (C=O) groups excluding carboxylic acids is 1. The molecule has 1 amide bonds. The van der Waals surface area contributed by atoms with Crippen molar-refractivity contribution in [3.8, 4) is 0 Å². The first-order valence-electron chi connectivity index (χ1n) is 7.06. The van der Waals surface area contributed by atoms with Crippen molar-refractivity contribution in [1.29, 1.82) is 0 Å². The van der Waals surface area contributed by atoms with E-state index in [4.69, 9.17) is 5.73 Å². The Hall–Kier alpha value is -1.70. The van der Waals surface area contributed by atoms with Crippen molar-refractivity contribution < 1.29 is 4.79 Å². The lowest BCUT2D eigenvalue weighted by Crippen LogP contribution is -2.38. The molecule has 0 radical (unpaired) electrons. The maximum atomic E-state index is 12.0. The molecular formula is C14H20Cl2N6O. The second-order valence-electron chi connectivity index (χ2n) is 5.33. The van der Waals surface area contributed by atoms with E-state index in [1.54, 1.807) is 17.1 Å². The lowest BCUT2D eigenvalue weighted by Gasteiger charge is -2.10. The highest BCUT2D eigenvalue weighted by molar-refractivity contribution is 5.91. The van der Waals surface area contributed by atoms with Crippen molar-refractivity contribution in [3.05, 3.63) is 42.0 Å². The van der Waals surface area contributed by atoms with Gasteiger partial charge in [-0.05, 0) is 30.9 Å². The number of nitrogens with one attached hydrogen (secondary N) is 1. The van der Waals surface area contributed by atoms with Gasteiger partial charge in [0, 0.05) is 18.8 Å². The predicted octanol–water partition coefficient (Wildman–Crippen LogP) is 1.03. The first-order chi connectivity index (χ1) is 10.2. The quantitative estimate of drug-likeness (QED) is 0.803. The van der Waals surface area contributed by atoms with Crippen molar-refractivity contribution in [2.45, 2.75) is 25.4 Å². The lowest BCUT2D eigenvalue weighted by atomic mass is 10.2. The number of nitrogens with zero attached hydrogens (tertiary/aromatic N) is 4. The Balaban J connectivity index is 0.00000132. The van der Waals surface area contributed by atoms with Crippen LogP contribution in [0.25, 0.3) is 0 Å². The monoisotopic (exact) mass is 358 g/mol. The minimum atomic E-state index is -0.238. The number of rotatable bonds is 6. The van der Waals surface area contributed by atoms with Crippen molar-refractivity contribution in [3.63, 3.8) is 0 Å². The van der Waals surface area contributed by atoms with Crippen LogP contribution in [0.2, 0.25) is 0 Å². The molecule has 0 saturated heterocycles. The zero-order valence-electron chi connectivity index (χ0n) is 12.5. The summed E-state index contributed by atoms with van der Waals surface area (Å²) in [6.07, 6.45) is 5.67. The molecule has 0 bridgehead atoms. The van der Waals surface area contributed by atoms with E-state index < -0.39 is 0 Å². The van der Waals surface area contributed by atoms with Gasteiger partial charge in [-0.25, -0.2) is 4.68 Å². The summed E-state index contributed by atoms with van der Waals surface area (Å²) in [6, 6.07) is 5.70. The number of halogens is 2. The van der Waals surface area contributed by atoms with E-state index in [1.165, 1.54) is 0 Å². The average Bonchev–Trinajstić information content (AvgIpc) is 3.26. The third-order valence-corrected chi connectivity index (χ3v) is 3.55. The Labute approximate surface area is 146 Å². The zero-order chi connectivity index (χ0) is 14.7. The van der Waals surface area contributed by atoms with Gasteiger partial charge in [0.15, 0.2) is 5.69 Å². The predicted molar refractivity (Wildman–Crippen MR) is 90.9 cm³/mol. The van der Waals surface area contributed by atoms with Crippen LogP contribution in [0.4, 0.5) is 0 Å². The van der Waals surface area contributed by atoms with Crippen molar-refractivity contribution in [2.24, 2.45) is 11.7 Å². The fourth-order valence-corrected chi connectivity index (χ4v) is 2.13. The third kappa shape index (κ3) is 5.46. The molecule has 1 unspecified atom stereocenters. The highest BCUT2D eigenvalue weighted by Crippen LogP contribution is 2.31. The van der Waals surface area contributed by atoms with Gasteiger partial charge in [0.2, 0.25) is 0 Å². The number of nitrogens with two attached hydrogens (primary N) is 1. The Morgan fingerprint density at radius 1 is 1.39 bits per heavy atom. The highest BCUT2D eigenvalue weighted by Gasteiger charge is 2.28. The fourth-order valence-electron chi connectivity index (χ4n) is 2.13. The van der Waals surface area contributed by atoms with E-state index in [-0.39, 0.29) is 36.8 Å². The van der Waals surface area contributed by atoms with Crippen molar-refractivity contribution >= 4 is 30.7 Å². The number of amides is 1. The van der Waals surface area contributed by atoms with Crippen LogP contribution in [0.3, 0.4) is 0 Å².